The van der Waals surface area contributed by atoms with E-state index < -0.39 is 59.7 Å². The molecule has 2 N–H and O–H groups in total. The molecule has 2 bridgehead atoms. The van der Waals surface area contributed by atoms with Crippen molar-refractivity contribution in [1.29, 1.82) is 0 Å². The fourth-order valence-electron chi connectivity index (χ4n) is 11.2. The lowest BCUT2D eigenvalue weighted by molar-refractivity contribution is -0.135. The maximum absolute atomic E-state index is 16.0. The Balaban J connectivity index is 0.642. The van der Waals surface area contributed by atoms with Gasteiger partial charge < -0.3 is 24.6 Å². The van der Waals surface area contributed by atoms with Gasteiger partial charge in [-0.2, -0.15) is 10.2 Å². The van der Waals surface area contributed by atoms with E-state index in [4.69, 9.17) is 14.5 Å². The van der Waals surface area contributed by atoms with E-state index >= 15 is 8.78 Å². The predicted octanol–water partition coefficient (Wildman–Crippen LogP) is 4.16. The van der Waals surface area contributed by atoms with Crippen LogP contribution in [0.5, 0.6) is 0 Å². The van der Waals surface area contributed by atoms with Gasteiger partial charge in [-0.3, -0.25) is 38.4 Å². The van der Waals surface area contributed by atoms with Crippen LogP contribution in [0.3, 0.4) is 0 Å². The van der Waals surface area contributed by atoms with Crippen molar-refractivity contribution in [2.75, 3.05) is 67.6 Å². The second kappa shape index (κ2) is 17.3. The highest BCUT2D eigenvalue weighted by molar-refractivity contribution is 6.08. The lowest BCUT2D eigenvalue weighted by Crippen LogP contribution is -2.51. The number of rotatable bonds is 12. The van der Waals surface area contributed by atoms with Gasteiger partial charge in [0.1, 0.15) is 29.1 Å². The summed E-state index contributed by atoms with van der Waals surface area (Å²) in [5.74, 6) is -1.08. The van der Waals surface area contributed by atoms with Crippen LogP contribution >= 0.6 is 0 Å². The SMILES string of the molecule is Cn1c(=O)n(C2CCC(=O)NC2=O)c2ccc(N3CC(CO[C@@H]4CCN(C[C@H]5CC[C@H](n6cc(NC(=O)c7cnn8ccc(N9C[C@H]%10C[C@@H]9CO%10)nc78)c(C(F)F)n6)CC5)C[C@@H]4F)C3)c(F)c21. The molecule has 1 aliphatic carbocycles. The molecule has 11 rings (SSSR count). The van der Waals surface area contributed by atoms with E-state index in [1.807, 2.05) is 11.0 Å². The summed E-state index contributed by atoms with van der Waals surface area (Å²) in [4.78, 5) is 61.8. The molecule has 4 aromatic heterocycles. The Morgan fingerprint density at radius 3 is 2.57 bits per heavy atom. The van der Waals surface area contributed by atoms with Gasteiger partial charge in [-0.1, -0.05) is 0 Å². The number of benzene rings is 1. The summed E-state index contributed by atoms with van der Waals surface area (Å²) in [6.07, 6.45) is 4.89. The molecule has 1 aromatic carbocycles. The van der Waals surface area contributed by atoms with E-state index in [-0.39, 0.29) is 65.8 Å². The Labute approximate surface area is 381 Å². The number of nitrogens with zero attached hydrogens (tertiary/aromatic N) is 10. The number of anilines is 3. The maximum atomic E-state index is 16.0. The molecular formula is C45H52F4N12O6. The molecule has 1 saturated carbocycles. The fourth-order valence-corrected chi connectivity index (χ4v) is 11.2. The highest BCUT2D eigenvalue weighted by Crippen LogP contribution is 2.38. The molecule has 0 spiro atoms. The fraction of sp³-hybridized carbons (Fsp3) is 0.578. The third kappa shape index (κ3) is 8.02. The van der Waals surface area contributed by atoms with Crippen LogP contribution in [0.2, 0.25) is 0 Å². The van der Waals surface area contributed by atoms with Crippen molar-refractivity contribution >= 4 is 51.6 Å². The average Bonchev–Trinajstić information content (AvgIpc) is 4.15. The number of piperidine rings is 2. The molecule has 5 aromatic rings. The minimum Gasteiger partial charge on any atom is -0.375 e. The molecule has 3 amide bonds. The van der Waals surface area contributed by atoms with E-state index in [0.717, 1.165) is 25.8 Å². The third-order valence-electron chi connectivity index (χ3n) is 14.8. The maximum Gasteiger partial charge on any atom is 0.329 e. The Hall–Kier alpha value is -5.87. The van der Waals surface area contributed by atoms with Crippen molar-refractivity contribution in [3.05, 3.63) is 64.3 Å². The first kappa shape index (κ1) is 43.7. The summed E-state index contributed by atoms with van der Waals surface area (Å²) >= 11 is 0. The minimum absolute atomic E-state index is 0.0540. The van der Waals surface area contributed by atoms with Gasteiger partial charge >= 0.3 is 5.69 Å². The van der Waals surface area contributed by atoms with Gasteiger partial charge in [0.15, 0.2) is 17.2 Å². The zero-order valence-corrected chi connectivity index (χ0v) is 36.9. The smallest absolute Gasteiger partial charge is 0.329 e. The van der Waals surface area contributed by atoms with Crippen molar-refractivity contribution in [3.8, 4) is 0 Å². The van der Waals surface area contributed by atoms with Gasteiger partial charge in [0.2, 0.25) is 11.8 Å². The Kier molecular flexibility index (Phi) is 11.3. The largest absolute Gasteiger partial charge is 0.375 e. The molecule has 67 heavy (non-hydrogen) atoms. The second-order valence-corrected chi connectivity index (χ2v) is 19.1. The molecule has 5 atom stereocenters. The minimum atomic E-state index is -2.90. The number of alkyl halides is 3. The van der Waals surface area contributed by atoms with Gasteiger partial charge in [-0.25, -0.2) is 31.9 Å². The Morgan fingerprint density at radius 2 is 1.84 bits per heavy atom. The number of imide groups is 1. The van der Waals surface area contributed by atoms with Crippen molar-refractivity contribution in [1.82, 2.24) is 43.7 Å². The van der Waals surface area contributed by atoms with Crippen LogP contribution < -0.4 is 26.1 Å². The quantitative estimate of drug-likeness (QED) is 0.135. The highest BCUT2D eigenvalue weighted by atomic mass is 19.3. The molecular weight excluding hydrogens is 881 g/mol. The van der Waals surface area contributed by atoms with Gasteiger partial charge in [0, 0.05) is 71.0 Å². The number of nitrogens with one attached hydrogen (secondary N) is 2. The molecule has 18 nitrogen and oxygen atoms in total. The standard InChI is InChI=1S/C45H52F4N12O6/c1-55-40-33(61(45(55)65)34-8-9-37(62)53-44(34)64)7-6-32(38(40)47)57-17-25(18-57)22-67-35-10-12-56(20-30(35)46)16-24-2-4-26(5-3-24)60-21-31(39(54-60)41(48)49)51-43(63)29-15-50-59-13-11-36(52-42(29)59)58-19-28-14-27(58)23-66-28/h6-7,11,13,15,21,24-28,30,34-35,41H,2-5,8-10,12,14,16-20,22-23H2,1H3,(H,51,63)(H,53,62,64)/t24-,26-,27-,28-,30+,34?,35-/m1/s1. The third-order valence-corrected chi connectivity index (χ3v) is 14.8. The first-order valence-corrected chi connectivity index (χ1v) is 23.2. The number of carbonyl (C=O) groups is 3. The van der Waals surface area contributed by atoms with Crippen molar-refractivity contribution in [3.63, 3.8) is 0 Å². The number of ether oxygens (including phenoxy) is 2. The number of imidazole rings is 1. The number of hydrogen-bond donors (Lipinski definition) is 2. The van der Waals surface area contributed by atoms with Crippen LogP contribution in [0.1, 0.15) is 85.9 Å². The number of hydrogen-bond acceptors (Lipinski definition) is 12. The number of morpholine rings is 1. The van der Waals surface area contributed by atoms with Crippen molar-refractivity contribution in [2.45, 2.75) is 94.3 Å². The lowest BCUT2D eigenvalue weighted by Gasteiger charge is -2.42. The first-order chi connectivity index (χ1) is 32.4. The number of fused-ring (bicyclic) bond motifs is 4. The van der Waals surface area contributed by atoms with E-state index in [2.05, 4.69) is 30.6 Å². The molecule has 6 fully saturated rings. The summed E-state index contributed by atoms with van der Waals surface area (Å²) < 4.78 is 77.5. The average molecular weight is 933 g/mol. The number of carbonyl (C=O) groups excluding carboxylic acids is 3. The van der Waals surface area contributed by atoms with Crippen LogP contribution in [0.15, 0.2) is 41.6 Å². The molecule has 5 saturated heterocycles. The van der Waals surface area contributed by atoms with Crippen LogP contribution in [0, 0.1) is 17.7 Å². The van der Waals surface area contributed by atoms with Gasteiger partial charge in [-0.05, 0) is 69.1 Å². The summed E-state index contributed by atoms with van der Waals surface area (Å²) in [6, 6.07) is 4.26. The molecule has 5 aliphatic heterocycles. The monoisotopic (exact) mass is 932 g/mol. The first-order valence-electron chi connectivity index (χ1n) is 23.2. The normalized spacial score (nSPS) is 27.2. The van der Waals surface area contributed by atoms with Crippen LogP contribution in [-0.4, -0.2) is 133 Å². The number of aromatic nitrogens is 7. The molecule has 1 unspecified atom stereocenters. The number of aryl methyl sites for hydroxylation is 1. The van der Waals surface area contributed by atoms with Gasteiger partial charge in [-0.15, -0.1) is 0 Å². The molecule has 6 aliphatic rings. The van der Waals surface area contributed by atoms with E-state index in [9.17, 15) is 28.0 Å². The predicted molar refractivity (Wildman–Crippen MR) is 235 cm³/mol. The molecule has 0 radical (unpaired) electrons. The molecule has 356 valence electrons. The van der Waals surface area contributed by atoms with Gasteiger partial charge in [0.05, 0.1) is 60.6 Å². The summed E-state index contributed by atoms with van der Waals surface area (Å²) in [5.41, 5.74) is 0.0860. The van der Waals surface area contributed by atoms with E-state index in [1.54, 1.807) is 23.0 Å². The number of halogens is 4. The molecule has 22 heteroatoms. The van der Waals surface area contributed by atoms with Crippen LogP contribution in [0.4, 0.5) is 34.8 Å². The second-order valence-electron chi connectivity index (χ2n) is 19.1. The zero-order chi connectivity index (χ0) is 46.2. The summed E-state index contributed by atoms with van der Waals surface area (Å²) in [7, 11) is 1.46. The number of amides is 3. The Morgan fingerprint density at radius 1 is 1.01 bits per heavy atom. The molecule has 9 heterocycles. The Bertz CT molecular complexity index is 2800. The van der Waals surface area contributed by atoms with Crippen LogP contribution in [0.25, 0.3) is 16.7 Å². The van der Waals surface area contributed by atoms with E-state index in [1.165, 1.54) is 33.1 Å². The zero-order valence-electron chi connectivity index (χ0n) is 36.9. The summed E-state index contributed by atoms with van der Waals surface area (Å²) in [5, 5.41) is 13.4. The van der Waals surface area contributed by atoms with Crippen LogP contribution in [-0.2, 0) is 26.1 Å². The van der Waals surface area contributed by atoms with Crippen molar-refractivity contribution in [2.24, 2.45) is 18.9 Å². The van der Waals surface area contributed by atoms with Gasteiger partial charge in [0.25, 0.3) is 12.3 Å². The topological polar surface area (TPSA) is 178 Å². The lowest BCUT2D eigenvalue weighted by atomic mass is 9.85. The van der Waals surface area contributed by atoms with Crippen molar-refractivity contribution < 1.29 is 41.4 Å². The summed E-state index contributed by atoms with van der Waals surface area (Å²) in [6.45, 7) is 4.33. The highest BCUT2D eigenvalue weighted by Gasteiger charge is 2.41. The van der Waals surface area contributed by atoms with E-state index in [0.29, 0.717) is 81.7 Å². The number of likely N-dealkylation sites (tertiary alicyclic amines) is 1.